The van der Waals surface area contributed by atoms with Crippen LogP contribution in [0.5, 0.6) is 0 Å². The molecule has 120 valence electrons. The van der Waals surface area contributed by atoms with E-state index in [0.717, 1.165) is 10.6 Å². The van der Waals surface area contributed by atoms with Gasteiger partial charge in [0, 0.05) is 36.3 Å². The highest BCUT2D eigenvalue weighted by molar-refractivity contribution is 8.00. The van der Waals surface area contributed by atoms with Crippen LogP contribution in [-0.4, -0.2) is 48.4 Å². The number of hydrogen-bond donors (Lipinski definition) is 3. The highest BCUT2D eigenvalue weighted by Crippen LogP contribution is 2.29. The molecule has 1 aromatic rings. The summed E-state index contributed by atoms with van der Waals surface area (Å²) in [5, 5.41) is 8.81. The first-order valence-corrected chi connectivity index (χ1v) is 8.27. The average Bonchev–Trinajstić information content (AvgIpc) is 2.86. The van der Waals surface area contributed by atoms with E-state index >= 15 is 0 Å². The molecule has 22 heavy (non-hydrogen) atoms. The van der Waals surface area contributed by atoms with Crippen LogP contribution in [0, 0.1) is 0 Å². The largest absolute Gasteiger partial charge is 0.336 e. The van der Waals surface area contributed by atoms with Gasteiger partial charge in [-0.15, -0.1) is 11.8 Å². The number of para-hydroxylation sites is 1. The van der Waals surface area contributed by atoms with Crippen LogP contribution in [0.1, 0.15) is 13.8 Å². The number of thioether (sulfide) groups is 1. The van der Waals surface area contributed by atoms with Crippen molar-refractivity contribution in [3.05, 3.63) is 24.3 Å². The molecule has 3 N–H and O–H groups in total. The predicted molar refractivity (Wildman–Crippen MR) is 89.4 cm³/mol. The number of anilines is 1. The minimum atomic E-state index is -0.253. The van der Waals surface area contributed by atoms with Crippen molar-refractivity contribution in [2.75, 3.05) is 31.5 Å². The van der Waals surface area contributed by atoms with Crippen LogP contribution in [0.2, 0.25) is 0 Å². The minimum Gasteiger partial charge on any atom is -0.336 e. The Morgan fingerprint density at radius 1 is 1.41 bits per heavy atom. The monoisotopic (exact) mass is 322 g/mol. The molecule has 4 amide bonds. The van der Waals surface area contributed by atoms with E-state index in [1.807, 2.05) is 24.3 Å². The first-order chi connectivity index (χ1) is 10.6. The van der Waals surface area contributed by atoms with Gasteiger partial charge < -0.3 is 20.9 Å². The third-order valence-corrected chi connectivity index (χ3v) is 4.19. The van der Waals surface area contributed by atoms with Gasteiger partial charge in [0.05, 0.1) is 5.69 Å². The van der Waals surface area contributed by atoms with Crippen LogP contribution in [0.15, 0.2) is 29.2 Å². The van der Waals surface area contributed by atoms with E-state index in [9.17, 15) is 9.59 Å². The summed E-state index contributed by atoms with van der Waals surface area (Å²) in [5.74, 6) is 0. The van der Waals surface area contributed by atoms with Crippen molar-refractivity contribution in [1.29, 1.82) is 0 Å². The fourth-order valence-electron chi connectivity index (χ4n) is 2.12. The molecule has 0 aliphatic carbocycles. The number of nitrogens with zero attached hydrogens (tertiary/aromatic N) is 1. The van der Waals surface area contributed by atoms with Gasteiger partial charge in [0.1, 0.15) is 0 Å². The molecule has 1 aliphatic rings. The van der Waals surface area contributed by atoms with Crippen molar-refractivity contribution in [3.8, 4) is 0 Å². The number of urea groups is 2. The van der Waals surface area contributed by atoms with E-state index in [4.69, 9.17) is 0 Å². The van der Waals surface area contributed by atoms with Crippen LogP contribution >= 0.6 is 11.8 Å². The molecule has 2 rings (SSSR count). The Morgan fingerprint density at radius 2 is 2.18 bits per heavy atom. The summed E-state index contributed by atoms with van der Waals surface area (Å²) in [5.41, 5.74) is 0.803. The van der Waals surface area contributed by atoms with Crippen LogP contribution in [0.3, 0.4) is 0 Å². The highest BCUT2D eigenvalue weighted by atomic mass is 32.2. The van der Waals surface area contributed by atoms with Gasteiger partial charge in [-0.2, -0.15) is 0 Å². The molecular formula is C15H22N4O2S. The topological polar surface area (TPSA) is 73.5 Å². The zero-order valence-corrected chi connectivity index (χ0v) is 13.7. The van der Waals surface area contributed by atoms with Crippen molar-refractivity contribution >= 4 is 29.5 Å². The van der Waals surface area contributed by atoms with E-state index in [1.165, 1.54) is 0 Å². The fraction of sp³-hybridized carbons (Fsp3) is 0.467. The normalized spacial score (nSPS) is 14.1. The first kappa shape index (κ1) is 16.5. The van der Waals surface area contributed by atoms with Gasteiger partial charge in [0.2, 0.25) is 0 Å². The summed E-state index contributed by atoms with van der Waals surface area (Å²) >= 11 is 1.71. The van der Waals surface area contributed by atoms with E-state index < -0.39 is 0 Å². The molecular weight excluding hydrogens is 300 g/mol. The van der Waals surface area contributed by atoms with Gasteiger partial charge in [-0.3, -0.25) is 0 Å². The van der Waals surface area contributed by atoms with E-state index in [1.54, 1.807) is 16.7 Å². The van der Waals surface area contributed by atoms with Crippen molar-refractivity contribution < 1.29 is 9.59 Å². The summed E-state index contributed by atoms with van der Waals surface area (Å²) in [7, 11) is 0. The molecule has 0 saturated carbocycles. The standard InChI is InChI=1S/C15H22N4O2S/c1-11(2)22-13-6-4-3-5-12(13)18-14(20)16-7-9-19-10-8-17-15(19)21/h3-6,11H,7-10H2,1-2H3,(H,17,21)(H2,16,18,20). The number of carbonyl (C=O) groups is 2. The molecule has 1 aliphatic heterocycles. The minimum absolute atomic E-state index is 0.0686. The molecule has 1 saturated heterocycles. The Kier molecular flexibility index (Phi) is 5.94. The second-order valence-electron chi connectivity index (χ2n) is 5.26. The molecule has 1 heterocycles. The molecule has 6 nitrogen and oxygen atoms in total. The van der Waals surface area contributed by atoms with Crippen LogP contribution < -0.4 is 16.0 Å². The van der Waals surface area contributed by atoms with Crippen LogP contribution in [0.4, 0.5) is 15.3 Å². The number of benzene rings is 1. The van der Waals surface area contributed by atoms with Crippen molar-refractivity contribution in [2.24, 2.45) is 0 Å². The number of nitrogens with one attached hydrogen (secondary N) is 3. The third kappa shape index (κ3) is 4.84. The summed E-state index contributed by atoms with van der Waals surface area (Å²) < 4.78 is 0. The smallest absolute Gasteiger partial charge is 0.319 e. The molecule has 0 radical (unpaired) electrons. The van der Waals surface area contributed by atoms with Crippen LogP contribution in [0.25, 0.3) is 0 Å². The number of hydrogen-bond acceptors (Lipinski definition) is 3. The summed E-state index contributed by atoms with van der Waals surface area (Å²) in [6.45, 7) is 6.53. The number of rotatable bonds is 6. The Bertz CT molecular complexity index is 536. The lowest BCUT2D eigenvalue weighted by molar-refractivity contribution is 0.216. The second kappa shape index (κ2) is 7.93. The Balaban J connectivity index is 1.80. The number of carbonyl (C=O) groups excluding carboxylic acids is 2. The van der Waals surface area contributed by atoms with Gasteiger partial charge in [0.25, 0.3) is 0 Å². The molecule has 0 aromatic heterocycles. The Hall–Kier alpha value is -1.89. The third-order valence-electron chi connectivity index (χ3n) is 3.11. The maximum atomic E-state index is 12.0. The lowest BCUT2D eigenvalue weighted by atomic mass is 10.3. The SMILES string of the molecule is CC(C)Sc1ccccc1NC(=O)NCCN1CCNC1=O. The highest BCUT2D eigenvalue weighted by Gasteiger charge is 2.18. The summed E-state index contributed by atoms with van der Waals surface area (Å²) in [6, 6.07) is 7.42. The number of amides is 4. The molecule has 0 unspecified atom stereocenters. The van der Waals surface area contributed by atoms with Gasteiger partial charge in [0.15, 0.2) is 0 Å². The average molecular weight is 322 g/mol. The zero-order valence-electron chi connectivity index (χ0n) is 12.9. The van der Waals surface area contributed by atoms with Gasteiger partial charge in [-0.1, -0.05) is 26.0 Å². The molecule has 0 spiro atoms. The molecule has 1 fully saturated rings. The zero-order chi connectivity index (χ0) is 15.9. The quantitative estimate of drug-likeness (QED) is 0.704. The van der Waals surface area contributed by atoms with E-state index in [-0.39, 0.29) is 12.1 Å². The molecule has 1 aromatic carbocycles. The fourth-order valence-corrected chi connectivity index (χ4v) is 3.03. The summed E-state index contributed by atoms with van der Waals surface area (Å²) in [4.78, 5) is 26.1. The van der Waals surface area contributed by atoms with Crippen LogP contribution in [-0.2, 0) is 0 Å². The van der Waals surface area contributed by atoms with Gasteiger partial charge in [-0.05, 0) is 12.1 Å². The lowest BCUT2D eigenvalue weighted by Gasteiger charge is -2.16. The summed E-state index contributed by atoms with van der Waals surface area (Å²) in [6.07, 6.45) is 0. The van der Waals surface area contributed by atoms with Gasteiger partial charge in [-0.25, -0.2) is 9.59 Å². The Morgan fingerprint density at radius 3 is 2.86 bits per heavy atom. The molecule has 0 bridgehead atoms. The van der Waals surface area contributed by atoms with Crippen molar-refractivity contribution in [3.63, 3.8) is 0 Å². The predicted octanol–water partition coefficient (Wildman–Crippen LogP) is 2.33. The van der Waals surface area contributed by atoms with Gasteiger partial charge >= 0.3 is 12.1 Å². The van der Waals surface area contributed by atoms with E-state index in [2.05, 4.69) is 29.8 Å². The molecule has 0 atom stereocenters. The maximum Gasteiger partial charge on any atom is 0.319 e. The van der Waals surface area contributed by atoms with Crippen molar-refractivity contribution in [2.45, 2.75) is 24.0 Å². The Labute approximate surface area is 135 Å². The van der Waals surface area contributed by atoms with Crippen molar-refractivity contribution in [1.82, 2.24) is 15.5 Å². The first-order valence-electron chi connectivity index (χ1n) is 7.39. The lowest BCUT2D eigenvalue weighted by Crippen LogP contribution is -2.38. The molecule has 7 heteroatoms. The second-order valence-corrected chi connectivity index (χ2v) is 6.88. The van der Waals surface area contributed by atoms with E-state index in [0.29, 0.717) is 31.4 Å². The maximum absolute atomic E-state index is 12.0.